The number of hydrogen-bond acceptors (Lipinski definition) is 2. The van der Waals surface area contributed by atoms with E-state index in [1.54, 1.807) is 7.11 Å². The van der Waals surface area contributed by atoms with Gasteiger partial charge in [0, 0.05) is 0 Å². The van der Waals surface area contributed by atoms with Crippen LogP contribution in [0.5, 0.6) is 5.75 Å². The monoisotopic (exact) mass is 235 g/mol. The fourth-order valence-corrected chi connectivity index (χ4v) is 2.37. The molecular weight excluding hydrogens is 210 g/mol. The van der Waals surface area contributed by atoms with E-state index in [0.29, 0.717) is 5.92 Å². The summed E-state index contributed by atoms with van der Waals surface area (Å²) in [5.41, 5.74) is 11.0. The van der Waals surface area contributed by atoms with E-state index in [0.717, 1.165) is 25.1 Å². The van der Waals surface area contributed by atoms with Gasteiger partial charge in [-0.25, -0.2) is 0 Å². The zero-order chi connectivity index (χ0) is 13.0. The van der Waals surface area contributed by atoms with E-state index < -0.39 is 0 Å². The fourth-order valence-electron chi connectivity index (χ4n) is 2.37. The molecule has 0 spiro atoms. The molecule has 17 heavy (non-hydrogen) atoms. The highest BCUT2D eigenvalue weighted by Crippen LogP contribution is 2.29. The van der Waals surface area contributed by atoms with Crippen molar-refractivity contribution in [3.63, 3.8) is 0 Å². The van der Waals surface area contributed by atoms with Gasteiger partial charge in [0.15, 0.2) is 0 Å². The summed E-state index contributed by atoms with van der Waals surface area (Å²) >= 11 is 0. The van der Waals surface area contributed by atoms with Gasteiger partial charge in [-0.15, -0.1) is 0 Å². The van der Waals surface area contributed by atoms with Crippen molar-refractivity contribution in [2.24, 2.45) is 11.7 Å². The molecule has 96 valence electrons. The molecule has 0 aromatic heterocycles. The lowest BCUT2D eigenvalue weighted by Gasteiger charge is -2.19. The summed E-state index contributed by atoms with van der Waals surface area (Å²) in [6.07, 6.45) is 2.21. The van der Waals surface area contributed by atoms with Crippen molar-refractivity contribution in [2.75, 3.05) is 13.7 Å². The number of rotatable bonds is 5. The average molecular weight is 235 g/mol. The zero-order valence-corrected chi connectivity index (χ0v) is 11.8. The van der Waals surface area contributed by atoms with Crippen molar-refractivity contribution in [1.82, 2.24) is 0 Å². The first kappa shape index (κ1) is 14.0. The molecule has 2 nitrogen and oxygen atoms in total. The summed E-state index contributed by atoms with van der Waals surface area (Å²) in [5, 5.41) is 0. The molecule has 1 aromatic rings. The van der Waals surface area contributed by atoms with Gasteiger partial charge in [-0.3, -0.25) is 0 Å². The largest absolute Gasteiger partial charge is 0.496 e. The summed E-state index contributed by atoms with van der Waals surface area (Å²) in [6, 6.07) is 2.25. The van der Waals surface area contributed by atoms with E-state index in [-0.39, 0.29) is 0 Å². The van der Waals surface area contributed by atoms with Crippen molar-refractivity contribution in [3.8, 4) is 5.75 Å². The molecule has 0 saturated carbocycles. The van der Waals surface area contributed by atoms with Crippen LogP contribution < -0.4 is 10.5 Å². The third kappa shape index (κ3) is 3.01. The van der Waals surface area contributed by atoms with Gasteiger partial charge in [-0.1, -0.05) is 19.4 Å². The lowest BCUT2D eigenvalue weighted by molar-refractivity contribution is 0.407. The van der Waals surface area contributed by atoms with Crippen LogP contribution in [0, 0.1) is 26.7 Å². The Balaban J connectivity index is 3.10. The molecule has 0 heterocycles. The topological polar surface area (TPSA) is 35.2 Å². The smallest absolute Gasteiger partial charge is 0.124 e. The normalized spacial score (nSPS) is 12.6. The predicted octanol–water partition coefficient (Wildman–Crippen LogP) is 3.15. The molecule has 0 saturated heterocycles. The first-order chi connectivity index (χ1) is 8.04. The molecule has 0 amide bonds. The van der Waals surface area contributed by atoms with Gasteiger partial charge in [0.2, 0.25) is 0 Å². The molecule has 1 aromatic carbocycles. The minimum atomic E-state index is 0.584. The van der Waals surface area contributed by atoms with Gasteiger partial charge >= 0.3 is 0 Å². The maximum atomic E-state index is 5.79. The van der Waals surface area contributed by atoms with Crippen LogP contribution in [0.2, 0.25) is 0 Å². The van der Waals surface area contributed by atoms with E-state index in [4.69, 9.17) is 10.5 Å². The number of ether oxygens (including phenoxy) is 1. The van der Waals surface area contributed by atoms with Gasteiger partial charge in [-0.2, -0.15) is 0 Å². The molecule has 1 rings (SSSR count). The Bertz CT molecular complexity index is 381. The second kappa shape index (κ2) is 6.06. The summed E-state index contributed by atoms with van der Waals surface area (Å²) < 4.78 is 5.44. The lowest BCUT2D eigenvalue weighted by Crippen LogP contribution is -2.16. The van der Waals surface area contributed by atoms with Gasteiger partial charge in [-0.05, 0) is 61.9 Å². The minimum Gasteiger partial charge on any atom is -0.496 e. The molecule has 0 radical (unpaired) electrons. The van der Waals surface area contributed by atoms with Crippen LogP contribution in [-0.4, -0.2) is 13.7 Å². The van der Waals surface area contributed by atoms with Crippen LogP contribution >= 0.6 is 0 Å². The number of nitrogens with two attached hydrogens (primary N) is 1. The van der Waals surface area contributed by atoms with Crippen LogP contribution in [-0.2, 0) is 6.42 Å². The van der Waals surface area contributed by atoms with E-state index in [9.17, 15) is 0 Å². The van der Waals surface area contributed by atoms with Crippen LogP contribution in [0.3, 0.4) is 0 Å². The van der Waals surface area contributed by atoms with Gasteiger partial charge in [0.05, 0.1) is 7.11 Å². The lowest BCUT2D eigenvalue weighted by atomic mass is 9.90. The highest BCUT2D eigenvalue weighted by Gasteiger charge is 2.13. The molecular formula is C15H25NO. The highest BCUT2D eigenvalue weighted by atomic mass is 16.5. The molecule has 0 aliphatic heterocycles. The standard InChI is InChI=1S/C15H25NO/c1-6-13(9-16)8-14-7-10(2)15(17-5)12(4)11(14)3/h7,13H,6,8-9,16H2,1-5H3. The Morgan fingerprint density at radius 1 is 1.24 bits per heavy atom. The Hall–Kier alpha value is -1.02. The van der Waals surface area contributed by atoms with Crippen molar-refractivity contribution in [2.45, 2.75) is 40.5 Å². The highest BCUT2D eigenvalue weighted by molar-refractivity contribution is 5.49. The van der Waals surface area contributed by atoms with Crippen molar-refractivity contribution in [3.05, 3.63) is 28.3 Å². The Morgan fingerprint density at radius 2 is 1.88 bits per heavy atom. The maximum absolute atomic E-state index is 5.79. The average Bonchev–Trinajstić information content (AvgIpc) is 2.32. The van der Waals surface area contributed by atoms with Gasteiger partial charge in [0.1, 0.15) is 5.75 Å². The summed E-state index contributed by atoms with van der Waals surface area (Å²) in [6.45, 7) is 9.39. The molecule has 1 unspecified atom stereocenters. The molecule has 0 aliphatic carbocycles. The third-order valence-electron chi connectivity index (χ3n) is 3.76. The van der Waals surface area contributed by atoms with Crippen LogP contribution in [0.1, 0.15) is 35.6 Å². The molecule has 2 N–H and O–H groups in total. The van der Waals surface area contributed by atoms with Crippen LogP contribution in [0.25, 0.3) is 0 Å². The van der Waals surface area contributed by atoms with E-state index in [2.05, 4.69) is 33.8 Å². The summed E-state index contributed by atoms with van der Waals surface area (Å²) in [5.74, 6) is 1.60. The van der Waals surface area contributed by atoms with E-state index >= 15 is 0 Å². The number of methoxy groups -OCH3 is 1. The van der Waals surface area contributed by atoms with Crippen molar-refractivity contribution in [1.29, 1.82) is 0 Å². The molecule has 1 atom stereocenters. The number of hydrogen-bond donors (Lipinski definition) is 1. The second-order valence-electron chi connectivity index (χ2n) is 4.85. The molecule has 2 heteroatoms. The predicted molar refractivity (Wildman–Crippen MR) is 73.7 cm³/mol. The Labute approximate surface area is 105 Å². The van der Waals surface area contributed by atoms with E-state index in [1.807, 2.05) is 0 Å². The molecule has 0 fully saturated rings. The Kier molecular flexibility index (Phi) is 5.01. The number of aryl methyl sites for hydroxylation is 1. The second-order valence-corrected chi connectivity index (χ2v) is 4.85. The van der Waals surface area contributed by atoms with Gasteiger partial charge in [0.25, 0.3) is 0 Å². The molecule has 0 aliphatic rings. The van der Waals surface area contributed by atoms with E-state index in [1.165, 1.54) is 22.3 Å². The maximum Gasteiger partial charge on any atom is 0.124 e. The van der Waals surface area contributed by atoms with Gasteiger partial charge < -0.3 is 10.5 Å². The molecule has 0 bridgehead atoms. The SMILES string of the molecule is CCC(CN)Cc1cc(C)c(OC)c(C)c1C. The van der Waals surface area contributed by atoms with Crippen LogP contribution in [0.15, 0.2) is 6.07 Å². The summed E-state index contributed by atoms with van der Waals surface area (Å²) in [4.78, 5) is 0. The van der Waals surface area contributed by atoms with Crippen molar-refractivity contribution >= 4 is 0 Å². The minimum absolute atomic E-state index is 0.584. The third-order valence-corrected chi connectivity index (χ3v) is 3.76. The quantitative estimate of drug-likeness (QED) is 0.851. The summed E-state index contributed by atoms with van der Waals surface area (Å²) in [7, 11) is 1.74. The Morgan fingerprint density at radius 3 is 2.35 bits per heavy atom. The number of benzene rings is 1. The fraction of sp³-hybridized carbons (Fsp3) is 0.600. The zero-order valence-electron chi connectivity index (χ0n) is 11.8. The first-order valence-electron chi connectivity index (χ1n) is 6.38. The van der Waals surface area contributed by atoms with Crippen molar-refractivity contribution < 1.29 is 4.74 Å². The first-order valence-corrected chi connectivity index (χ1v) is 6.38. The van der Waals surface area contributed by atoms with Crippen LogP contribution in [0.4, 0.5) is 0 Å².